The Hall–Kier alpha value is -1.32. The third-order valence-corrected chi connectivity index (χ3v) is 2.92. The molecule has 0 unspecified atom stereocenters. The van der Waals surface area contributed by atoms with Crippen LogP contribution < -0.4 is 4.74 Å². The van der Waals surface area contributed by atoms with Crippen molar-refractivity contribution < 1.29 is 13.5 Å². The largest absolute Gasteiger partial charge is 0.489 e. The highest BCUT2D eigenvalue weighted by atomic mass is 35.5. The number of ether oxygens (including phenoxy) is 1. The van der Waals surface area contributed by atoms with Crippen molar-refractivity contribution >= 4 is 23.2 Å². The van der Waals surface area contributed by atoms with Crippen molar-refractivity contribution in [2.75, 3.05) is 0 Å². The number of hydrogen-bond donors (Lipinski definition) is 0. The van der Waals surface area contributed by atoms with Gasteiger partial charge in [0.2, 0.25) is 0 Å². The lowest BCUT2D eigenvalue weighted by atomic mass is 10.2. The van der Waals surface area contributed by atoms with Crippen molar-refractivity contribution in [3.63, 3.8) is 0 Å². The van der Waals surface area contributed by atoms with E-state index in [1.807, 2.05) is 0 Å². The molecule has 94 valence electrons. The molecule has 0 amide bonds. The molecule has 1 nitrogen and oxygen atoms in total. The van der Waals surface area contributed by atoms with Gasteiger partial charge >= 0.3 is 0 Å². The Morgan fingerprint density at radius 3 is 2.50 bits per heavy atom. The standard InChI is InChI=1S/C13H8Cl2F2O/c14-10-5-4-9(6-12(10)16)18-7-8-2-1-3-11(15)13(8)17/h1-6H,7H2. The lowest BCUT2D eigenvalue weighted by molar-refractivity contribution is 0.298. The van der Waals surface area contributed by atoms with Gasteiger partial charge in [-0.1, -0.05) is 35.3 Å². The zero-order valence-electron chi connectivity index (χ0n) is 9.09. The molecule has 0 spiro atoms. The van der Waals surface area contributed by atoms with Crippen molar-refractivity contribution in [3.8, 4) is 5.75 Å². The Balaban J connectivity index is 2.11. The lowest BCUT2D eigenvalue weighted by Crippen LogP contribution is -1.99. The summed E-state index contributed by atoms with van der Waals surface area (Å²) in [7, 11) is 0. The van der Waals surface area contributed by atoms with Gasteiger partial charge in [-0.05, 0) is 18.2 Å². The van der Waals surface area contributed by atoms with Crippen LogP contribution in [0.5, 0.6) is 5.75 Å². The van der Waals surface area contributed by atoms with Crippen LogP contribution in [0.3, 0.4) is 0 Å². The minimum absolute atomic E-state index is 0.0105. The average Bonchev–Trinajstić information content (AvgIpc) is 2.35. The summed E-state index contributed by atoms with van der Waals surface area (Å²) in [5.74, 6) is -0.842. The zero-order chi connectivity index (χ0) is 13.1. The van der Waals surface area contributed by atoms with Gasteiger partial charge in [0.1, 0.15) is 24.0 Å². The van der Waals surface area contributed by atoms with Gasteiger partial charge in [-0.15, -0.1) is 0 Å². The van der Waals surface area contributed by atoms with Crippen molar-refractivity contribution in [1.82, 2.24) is 0 Å². The maximum Gasteiger partial charge on any atom is 0.148 e. The van der Waals surface area contributed by atoms with E-state index in [4.69, 9.17) is 27.9 Å². The average molecular weight is 289 g/mol. The number of benzene rings is 2. The third kappa shape index (κ3) is 2.92. The second kappa shape index (κ2) is 5.55. The first-order chi connectivity index (χ1) is 8.58. The molecule has 0 aliphatic carbocycles. The molecular weight excluding hydrogens is 281 g/mol. The summed E-state index contributed by atoms with van der Waals surface area (Å²) in [6.07, 6.45) is 0. The molecule has 5 heteroatoms. The lowest BCUT2D eigenvalue weighted by Gasteiger charge is -2.08. The van der Waals surface area contributed by atoms with Crippen molar-refractivity contribution in [3.05, 3.63) is 63.6 Å². The Kier molecular flexibility index (Phi) is 4.04. The molecule has 2 aromatic rings. The summed E-state index contributed by atoms with van der Waals surface area (Å²) in [6, 6.07) is 8.64. The molecule has 0 radical (unpaired) electrons. The molecule has 2 rings (SSSR count). The molecule has 0 saturated carbocycles. The minimum Gasteiger partial charge on any atom is -0.489 e. The zero-order valence-corrected chi connectivity index (χ0v) is 10.6. The predicted octanol–water partition coefficient (Wildman–Crippen LogP) is 4.85. The number of hydrogen-bond acceptors (Lipinski definition) is 1. The minimum atomic E-state index is -0.583. The Morgan fingerprint density at radius 2 is 1.78 bits per heavy atom. The van der Waals surface area contributed by atoms with Crippen LogP contribution in [0.2, 0.25) is 10.0 Å². The van der Waals surface area contributed by atoms with E-state index in [0.29, 0.717) is 5.56 Å². The summed E-state index contributed by atoms with van der Waals surface area (Å²) in [4.78, 5) is 0. The summed E-state index contributed by atoms with van der Waals surface area (Å²) >= 11 is 11.2. The van der Waals surface area contributed by atoms with Gasteiger partial charge in [0, 0.05) is 11.6 Å². The van der Waals surface area contributed by atoms with E-state index >= 15 is 0 Å². The van der Waals surface area contributed by atoms with Crippen LogP contribution in [-0.2, 0) is 6.61 Å². The molecule has 0 fully saturated rings. The van der Waals surface area contributed by atoms with Gasteiger partial charge in [0.25, 0.3) is 0 Å². The molecule has 0 atom stereocenters. The van der Waals surface area contributed by atoms with Gasteiger partial charge in [-0.2, -0.15) is 0 Å². The van der Waals surface area contributed by atoms with E-state index in [9.17, 15) is 8.78 Å². The second-order valence-electron chi connectivity index (χ2n) is 3.58. The van der Waals surface area contributed by atoms with Gasteiger partial charge in [0.05, 0.1) is 10.0 Å². The van der Waals surface area contributed by atoms with E-state index in [1.165, 1.54) is 18.2 Å². The van der Waals surface area contributed by atoms with E-state index in [1.54, 1.807) is 12.1 Å². The van der Waals surface area contributed by atoms with Crippen LogP contribution in [0.25, 0.3) is 0 Å². The second-order valence-corrected chi connectivity index (χ2v) is 4.39. The summed E-state index contributed by atoms with van der Waals surface area (Å²) in [6.45, 7) is -0.0343. The maximum atomic E-state index is 13.5. The molecule has 0 bridgehead atoms. The fourth-order valence-corrected chi connectivity index (χ4v) is 1.70. The summed E-state index contributed by atoms with van der Waals surface area (Å²) < 4.78 is 31.9. The molecule has 0 heterocycles. The van der Waals surface area contributed by atoms with E-state index in [2.05, 4.69) is 0 Å². The molecule has 2 aromatic carbocycles. The smallest absolute Gasteiger partial charge is 0.148 e. The fraction of sp³-hybridized carbons (Fsp3) is 0.0769. The van der Waals surface area contributed by atoms with Gasteiger partial charge in [-0.3, -0.25) is 0 Å². The predicted molar refractivity (Wildman–Crippen MR) is 67.2 cm³/mol. The Morgan fingerprint density at radius 1 is 1.00 bits per heavy atom. The molecule has 0 aliphatic heterocycles. The van der Waals surface area contributed by atoms with Crippen LogP contribution in [0.15, 0.2) is 36.4 Å². The third-order valence-electron chi connectivity index (χ3n) is 2.32. The Bertz CT molecular complexity index is 573. The normalized spacial score (nSPS) is 10.4. The van der Waals surface area contributed by atoms with Crippen LogP contribution in [-0.4, -0.2) is 0 Å². The van der Waals surface area contributed by atoms with Crippen LogP contribution in [0, 0.1) is 11.6 Å². The monoisotopic (exact) mass is 288 g/mol. The molecule has 0 N–H and O–H groups in total. The van der Waals surface area contributed by atoms with Crippen LogP contribution >= 0.6 is 23.2 Å². The van der Waals surface area contributed by atoms with Crippen LogP contribution in [0.4, 0.5) is 8.78 Å². The first kappa shape index (κ1) is 13.1. The highest BCUT2D eigenvalue weighted by Crippen LogP contribution is 2.23. The van der Waals surface area contributed by atoms with Crippen molar-refractivity contribution in [1.29, 1.82) is 0 Å². The number of halogens is 4. The number of rotatable bonds is 3. The Labute approximate surface area is 113 Å². The van der Waals surface area contributed by atoms with E-state index in [-0.39, 0.29) is 22.4 Å². The molecule has 18 heavy (non-hydrogen) atoms. The van der Waals surface area contributed by atoms with Gasteiger partial charge in [0.15, 0.2) is 0 Å². The first-order valence-electron chi connectivity index (χ1n) is 5.08. The fourth-order valence-electron chi connectivity index (χ4n) is 1.39. The van der Waals surface area contributed by atoms with Crippen molar-refractivity contribution in [2.45, 2.75) is 6.61 Å². The highest BCUT2D eigenvalue weighted by Gasteiger charge is 2.07. The molecule has 0 aliphatic rings. The van der Waals surface area contributed by atoms with Crippen molar-refractivity contribution in [2.24, 2.45) is 0 Å². The van der Waals surface area contributed by atoms with Crippen LogP contribution in [0.1, 0.15) is 5.56 Å². The maximum absolute atomic E-state index is 13.5. The van der Waals surface area contributed by atoms with Gasteiger partial charge in [-0.25, -0.2) is 8.78 Å². The van der Waals surface area contributed by atoms with Gasteiger partial charge < -0.3 is 4.74 Å². The first-order valence-corrected chi connectivity index (χ1v) is 5.84. The van der Waals surface area contributed by atoms with E-state index < -0.39 is 11.6 Å². The van der Waals surface area contributed by atoms with E-state index in [0.717, 1.165) is 6.07 Å². The quantitative estimate of drug-likeness (QED) is 0.784. The molecule has 0 saturated heterocycles. The summed E-state index contributed by atoms with van der Waals surface area (Å²) in [5, 5.41) is 0.0367. The topological polar surface area (TPSA) is 9.23 Å². The SMILES string of the molecule is Fc1cc(OCc2cccc(Cl)c2F)ccc1Cl. The molecule has 0 aromatic heterocycles. The highest BCUT2D eigenvalue weighted by molar-refractivity contribution is 6.31. The summed E-state index contributed by atoms with van der Waals surface area (Å²) in [5.41, 5.74) is 0.304. The molecular formula is C13H8Cl2F2O.